The standard InChI is InChI=1S/C13H25N3O/c1-3-15-7-9-16(10-8-15)13(17)12-5-4-6-14-11(12)2/h11-12,14H,3-10H2,1-2H3. The number of likely N-dealkylation sites (N-methyl/N-ethyl adjacent to an activating group) is 1. The summed E-state index contributed by atoms with van der Waals surface area (Å²) in [7, 11) is 0. The number of rotatable bonds is 2. The maximum Gasteiger partial charge on any atom is 0.227 e. The van der Waals surface area contributed by atoms with Gasteiger partial charge in [-0.3, -0.25) is 4.79 Å². The third kappa shape index (κ3) is 2.99. The Morgan fingerprint density at radius 3 is 2.59 bits per heavy atom. The maximum absolute atomic E-state index is 12.4. The fourth-order valence-electron chi connectivity index (χ4n) is 2.90. The van der Waals surface area contributed by atoms with Crippen molar-refractivity contribution in [2.75, 3.05) is 39.3 Å². The van der Waals surface area contributed by atoms with Gasteiger partial charge in [-0.2, -0.15) is 0 Å². The van der Waals surface area contributed by atoms with Crippen molar-refractivity contribution in [3.63, 3.8) is 0 Å². The number of hydrogen-bond donors (Lipinski definition) is 1. The minimum atomic E-state index is 0.205. The smallest absolute Gasteiger partial charge is 0.227 e. The number of hydrogen-bond acceptors (Lipinski definition) is 3. The largest absolute Gasteiger partial charge is 0.340 e. The average Bonchev–Trinajstić information content (AvgIpc) is 2.39. The molecule has 2 rings (SSSR count). The van der Waals surface area contributed by atoms with Crippen molar-refractivity contribution in [1.82, 2.24) is 15.1 Å². The summed E-state index contributed by atoms with van der Waals surface area (Å²) in [6, 6.07) is 0.348. The van der Waals surface area contributed by atoms with Gasteiger partial charge < -0.3 is 15.1 Å². The van der Waals surface area contributed by atoms with Gasteiger partial charge in [0.1, 0.15) is 0 Å². The maximum atomic E-state index is 12.4. The van der Waals surface area contributed by atoms with E-state index in [9.17, 15) is 4.79 Å². The highest BCUT2D eigenvalue weighted by molar-refractivity contribution is 5.79. The van der Waals surface area contributed by atoms with Crippen molar-refractivity contribution in [3.8, 4) is 0 Å². The molecule has 4 heteroatoms. The molecule has 2 atom stereocenters. The van der Waals surface area contributed by atoms with Crippen LogP contribution in [-0.4, -0.2) is 61.0 Å². The minimum Gasteiger partial charge on any atom is -0.340 e. The van der Waals surface area contributed by atoms with Crippen LogP contribution in [0.25, 0.3) is 0 Å². The molecular formula is C13H25N3O. The van der Waals surface area contributed by atoms with Crippen molar-refractivity contribution in [2.24, 2.45) is 5.92 Å². The second kappa shape index (κ2) is 5.83. The second-order valence-corrected chi connectivity index (χ2v) is 5.25. The van der Waals surface area contributed by atoms with Gasteiger partial charge in [0, 0.05) is 32.2 Å². The van der Waals surface area contributed by atoms with E-state index in [2.05, 4.69) is 29.0 Å². The Morgan fingerprint density at radius 2 is 2.00 bits per heavy atom. The van der Waals surface area contributed by atoms with Crippen molar-refractivity contribution < 1.29 is 4.79 Å². The zero-order valence-electron chi connectivity index (χ0n) is 11.1. The fraction of sp³-hybridized carbons (Fsp3) is 0.923. The van der Waals surface area contributed by atoms with Crippen LogP contribution in [0.3, 0.4) is 0 Å². The van der Waals surface area contributed by atoms with E-state index in [4.69, 9.17) is 0 Å². The quantitative estimate of drug-likeness (QED) is 0.764. The van der Waals surface area contributed by atoms with E-state index in [1.54, 1.807) is 0 Å². The lowest BCUT2D eigenvalue weighted by molar-refractivity contribution is -0.139. The van der Waals surface area contributed by atoms with Crippen LogP contribution in [0.2, 0.25) is 0 Å². The Bertz CT molecular complexity index is 261. The molecule has 0 aromatic heterocycles. The summed E-state index contributed by atoms with van der Waals surface area (Å²) in [4.78, 5) is 16.9. The van der Waals surface area contributed by atoms with Crippen molar-refractivity contribution >= 4 is 5.91 Å². The van der Waals surface area contributed by atoms with Crippen LogP contribution >= 0.6 is 0 Å². The number of piperazine rings is 1. The molecule has 0 aromatic rings. The van der Waals surface area contributed by atoms with E-state index >= 15 is 0 Å². The molecule has 2 aliphatic rings. The highest BCUT2D eigenvalue weighted by atomic mass is 16.2. The van der Waals surface area contributed by atoms with E-state index in [-0.39, 0.29) is 5.92 Å². The first-order valence-corrected chi connectivity index (χ1v) is 6.97. The van der Waals surface area contributed by atoms with E-state index in [1.807, 2.05) is 0 Å². The summed E-state index contributed by atoms with van der Waals surface area (Å²) in [5.74, 6) is 0.581. The van der Waals surface area contributed by atoms with Crippen molar-refractivity contribution in [1.29, 1.82) is 0 Å². The molecule has 2 heterocycles. The first-order chi connectivity index (χ1) is 8.22. The van der Waals surface area contributed by atoms with Crippen LogP contribution in [0.1, 0.15) is 26.7 Å². The molecule has 2 unspecified atom stereocenters. The van der Waals surface area contributed by atoms with Gasteiger partial charge in [-0.1, -0.05) is 6.92 Å². The molecular weight excluding hydrogens is 214 g/mol. The van der Waals surface area contributed by atoms with Crippen LogP contribution in [0.15, 0.2) is 0 Å². The monoisotopic (exact) mass is 239 g/mol. The summed E-state index contributed by atoms with van der Waals surface area (Å²) in [5, 5.41) is 3.41. The molecule has 0 radical (unpaired) electrons. The van der Waals surface area contributed by atoms with Crippen molar-refractivity contribution in [2.45, 2.75) is 32.7 Å². The Kier molecular flexibility index (Phi) is 4.40. The van der Waals surface area contributed by atoms with Gasteiger partial charge in [-0.25, -0.2) is 0 Å². The third-order valence-corrected chi connectivity index (χ3v) is 4.21. The lowest BCUT2D eigenvalue weighted by atomic mass is 9.90. The van der Waals surface area contributed by atoms with Crippen LogP contribution in [-0.2, 0) is 4.79 Å². The molecule has 2 saturated heterocycles. The topological polar surface area (TPSA) is 35.6 Å². The molecule has 2 aliphatic heterocycles. The summed E-state index contributed by atoms with van der Waals surface area (Å²) in [6.07, 6.45) is 2.19. The van der Waals surface area contributed by atoms with Crippen LogP contribution in [0.5, 0.6) is 0 Å². The summed E-state index contributed by atoms with van der Waals surface area (Å²) in [6.45, 7) is 10.4. The number of nitrogens with zero attached hydrogens (tertiary/aromatic N) is 2. The summed E-state index contributed by atoms with van der Waals surface area (Å²) >= 11 is 0. The third-order valence-electron chi connectivity index (χ3n) is 4.21. The molecule has 1 amide bonds. The highest BCUT2D eigenvalue weighted by Crippen LogP contribution is 2.19. The van der Waals surface area contributed by atoms with Gasteiger partial charge in [0.05, 0.1) is 5.92 Å². The molecule has 0 bridgehead atoms. The van der Waals surface area contributed by atoms with Gasteiger partial charge in [0.2, 0.25) is 5.91 Å². The number of nitrogens with one attached hydrogen (secondary N) is 1. The number of carbonyl (C=O) groups is 1. The van der Waals surface area contributed by atoms with Crippen LogP contribution < -0.4 is 5.32 Å². The molecule has 0 saturated carbocycles. The lowest BCUT2D eigenvalue weighted by Crippen LogP contribution is -2.54. The van der Waals surface area contributed by atoms with Crippen molar-refractivity contribution in [3.05, 3.63) is 0 Å². The van der Waals surface area contributed by atoms with E-state index in [1.165, 1.54) is 0 Å². The molecule has 98 valence electrons. The average molecular weight is 239 g/mol. The zero-order valence-corrected chi connectivity index (χ0v) is 11.1. The predicted molar refractivity (Wildman–Crippen MR) is 68.9 cm³/mol. The SMILES string of the molecule is CCN1CCN(C(=O)C2CCCNC2C)CC1. The highest BCUT2D eigenvalue weighted by Gasteiger charge is 2.32. The Morgan fingerprint density at radius 1 is 1.29 bits per heavy atom. The first-order valence-electron chi connectivity index (χ1n) is 6.97. The zero-order chi connectivity index (χ0) is 12.3. The van der Waals surface area contributed by atoms with Gasteiger partial charge in [0.25, 0.3) is 0 Å². The van der Waals surface area contributed by atoms with Gasteiger partial charge in [0.15, 0.2) is 0 Å². The van der Waals surface area contributed by atoms with Crippen LogP contribution in [0.4, 0.5) is 0 Å². The Hall–Kier alpha value is -0.610. The molecule has 0 aromatic carbocycles. The van der Waals surface area contributed by atoms with Gasteiger partial charge >= 0.3 is 0 Å². The number of carbonyl (C=O) groups excluding carboxylic acids is 1. The van der Waals surface area contributed by atoms with Crippen LogP contribution in [0, 0.1) is 5.92 Å². The predicted octanol–water partition coefficient (Wildman–Crippen LogP) is 0.539. The molecule has 4 nitrogen and oxygen atoms in total. The minimum absolute atomic E-state index is 0.205. The Labute approximate surface area is 104 Å². The normalized spacial score (nSPS) is 31.5. The molecule has 2 fully saturated rings. The number of amides is 1. The number of piperidine rings is 1. The summed E-state index contributed by atoms with van der Waals surface area (Å²) < 4.78 is 0. The van der Waals surface area contributed by atoms with E-state index < -0.39 is 0 Å². The molecule has 0 aliphatic carbocycles. The second-order valence-electron chi connectivity index (χ2n) is 5.25. The van der Waals surface area contributed by atoms with E-state index in [0.29, 0.717) is 11.9 Å². The summed E-state index contributed by atoms with van der Waals surface area (Å²) in [5.41, 5.74) is 0. The molecule has 1 N–H and O–H groups in total. The molecule has 17 heavy (non-hydrogen) atoms. The molecule has 0 spiro atoms. The van der Waals surface area contributed by atoms with Gasteiger partial charge in [-0.05, 0) is 32.9 Å². The first kappa shape index (κ1) is 12.8. The lowest BCUT2D eigenvalue weighted by Gasteiger charge is -2.38. The van der Waals surface area contributed by atoms with E-state index in [0.717, 1.165) is 52.1 Å². The Balaban J connectivity index is 1.87. The fourth-order valence-corrected chi connectivity index (χ4v) is 2.90. The van der Waals surface area contributed by atoms with Gasteiger partial charge in [-0.15, -0.1) is 0 Å².